The number of hydrogen-bond donors (Lipinski definition) is 0. The zero-order chi connectivity index (χ0) is 28.8. The van der Waals surface area contributed by atoms with Crippen LogP contribution >= 0.6 is 0 Å². The minimum Gasteiger partial charge on any atom is -0.469 e. The molecule has 0 amide bonds. The Morgan fingerprint density at radius 1 is 1.00 bits per heavy atom. The van der Waals surface area contributed by atoms with E-state index in [0.717, 1.165) is 15.9 Å². The van der Waals surface area contributed by atoms with E-state index >= 15 is 0 Å². The molecule has 2 aromatic carbocycles. The van der Waals surface area contributed by atoms with Gasteiger partial charge in [-0.05, 0) is 34.7 Å². The molecule has 0 radical (unpaired) electrons. The molecular weight excluding hydrogens is 508 g/mol. The number of rotatable bonds is 11. The Kier molecular flexibility index (Phi) is 9.62. The Morgan fingerprint density at radius 2 is 1.54 bits per heavy atom. The van der Waals surface area contributed by atoms with Gasteiger partial charge in [0.25, 0.3) is 8.32 Å². The van der Waals surface area contributed by atoms with Crippen molar-refractivity contribution in [3.8, 4) is 0 Å². The molecule has 1 aliphatic heterocycles. The Hall–Kier alpha value is -3.16. The average molecular weight is 551 g/mol. The molecule has 39 heavy (non-hydrogen) atoms. The lowest BCUT2D eigenvalue weighted by Crippen LogP contribution is -2.67. The molecule has 0 aliphatic carbocycles. The van der Waals surface area contributed by atoms with Crippen molar-refractivity contribution >= 4 is 30.6 Å². The summed E-state index contributed by atoms with van der Waals surface area (Å²) in [7, 11) is -1.54. The average Bonchev–Trinajstić information content (AvgIpc) is 2.85. The summed E-state index contributed by atoms with van der Waals surface area (Å²) in [4.78, 5) is 24.9. The lowest BCUT2D eigenvalue weighted by Gasteiger charge is -2.45. The van der Waals surface area contributed by atoms with E-state index < -0.39 is 26.2 Å². The van der Waals surface area contributed by atoms with Gasteiger partial charge in [0.1, 0.15) is 5.76 Å². The van der Waals surface area contributed by atoms with Crippen LogP contribution in [0.2, 0.25) is 5.04 Å². The molecule has 2 atom stereocenters. The summed E-state index contributed by atoms with van der Waals surface area (Å²) in [6.45, 7) is 16.2. The molecule has 1 heterocycles. The number of carbonyl (C=O) groups excluding carboxylic acids is 2. The molecule has 0 bridgehead atoms. The lowest BCUT2D eigenvalue weighted by molar-refractivity contribution is -0.206. The second-order valence-corrected chi connectivity index (χ2v) is 16.0. The summed E-state index contributed by atoms with van der Waals surface area (Å²) >= 11 is 0. The fraction of sp³-hybridized carbons (Fsp3) is 0.438. The minimum atomic E-state index is -2.94. The van der Waals surface area contributed by atoms with Crippen LogP contribution in [0, 0.1) is 5.92 Å². The largest absolute Gasteiger partial charge is 0.469 e. The fourth-order valence-electron chi connectivity index (χ4n) is 5.27. The molecule has 2 aromatic rings. The number of carbonyl (C=O) groups is 2. The zero-order valence-corrected chi connectivity index (χ0v) is 25.3. The number of cyclic esters (lactones) is 1. The van der Waals surface area contributed by atoms with Crippen molar-refractivity contribution in [2.45, 2.75) is 77.7 Å². The second kappa shape index (κ2) is 12.3. The van der Waals surface area contributed by atoms with Gasteiger partial charge in [0.2, 0.25) is 5.79 Å². The van der Waals surface area contributed by atoms with Crippen molar-refractivity contribution in [1.82, 2.24) is 0 Å². The number of benzene rings is 2. The van der Waals surface area contributed by atoms with Crippen molar-refractivity contribution in [1.29, 1.82) is 0 Å². The number of ether oxygens (including phenoxy) is 3. The SMILES string of the molecule is C=C(C)C(CC1=CC(=O)OC(C)(C)O1)C[C@@H](CC(=O)OC)O[Si](c1ccccc1)(c1ccccc1)C(C)(C)C. The van der Waals surface area contributed by atoms with Crippen molar-refractivity contribution in [2.24, 2.45) is 5.92 Å². The fourth-order valence-corrected chi connectivity index (χ4v) is 9.97. The molecule has 6 nitrogen and oxygen atoms in total. The predicted molar refractivity (Wildman–Crippen MR) is 156 cm³/mol. The standard InChI is InChI=1S/C32H42O6Si/c1-23(2)24(19-25-21-30(34)37-32(6,7)36-25)20-26(22-29(33)35-8)38-39(31(3,4)5,27-15-11-9-12-16-27)28-17-13-10-14-18-28/h9-18,21,24,26H,1,19-20,22H2,2-8H3/t24?,26-/m0/s1. The topological polar surface area (TPSA) is 71.1 Å². The summed E-state index contributed by atoms with van der Waals surface area (Å²) in [5.74, 6) is -1.39. The summed E-state index contributed by atoms with van der Waals surface area (Å²) < 4.78 is 23.6. The van der Waals surface area contributed by atoms with Crippen molar-refractivity contribution in [3.05, 3.63) is 84.7 Å². The Morgan fingerprint density at radius 3 is 1.97 bits per heavy atom. The molecule has 210 valence electrons. The first-order valence-corrected chi connectivity index (χ1v) is 15.3. The highest BCUT2D eigenvalue weighted by Crippen LogP contribution is 2.39. The molecule has 0 spiro atoms. The van der Waals surface area contributed by atoms with Crippen LogP contribution in [-0.2, 0) is 28.2 Å². The van der Waals surface area contributed by atoms with Gasteiger partial charge in [-0.1, -0.05) is 93.6 Å². The molecule has 3 rings (SSSR count). The minimum absolute atomic E-state index is 0.0955. The van der Waals surface area contributed by atoms with E-state index in [-0.39, 0.29) is 23.3 Å². The van der Waals surface area contributed by atoms with Gasteiger partial charge in [0.05, 0.1) is 25.7 Å². The zero-order valence-electron chi connectivity index (χ0n) is 24.3. The maximum absolute atomic E-state index is 12.7. The Labute approximate surface area is 234 Å². The van der Waals surface area contributed by atoms with Crippen LogP contribution < -0.4 is 10.4 Å². The molecule has 1 unspecified atom stereocenters. The lowest BCUT2D eigenvalue weighted by atomic mass is 9.89. The first-order chi connectivity index (χ1) is 18.3. The molecule has 0 saturated carbocycles. The van der Waals surface area contributed by atoms with Crippen LogP contribution in [-0.4, -0.2) is 39.3 Å². The van der Waals surface area contributed by atoms with Crippen molar-refractivity contribution in [2.75, 3.05) is 7.11 Å². The van der Waals surface area contributed by atoms with Gasteiger partial charge in [0, 0.05) is 20.3 Å². The smallest absolute Gasteiger partial charge is 0.337 e. The first-order valence-electron chi connectivity index (χ1n) is 13.4. The third kappa shape index (κ3) is 7.49. The van der Waals surface area contributed by atoms with E-state index in [1.54, 1.807) is 13.8 Å². The highest BCUT2D eigenvalue weighted by molar-refractivity contribution is 6.99. The Balaban J connectivity index is 2.06. The van der Waals surface area contributed by atoms with E-state index in [1.807, 2.05) is 43.3 Å². The third-order valence-corrected chi connectivity index (χ3v) is 12.2. The summed E-state index contributed by atoms with van der Waals surface area (Å²) in [6, 6.07) is 20.7. The van der Waals surface area contributed by atoms with Gasteiger partial charge in [-0.25, -0.2) is 4.79 Å². The quantitative estimate of drug-likeness (QED) is 0.204. The highest BCUT2D eigenvalue weighted by Gasteiger charge is 2.51. The maximum atomic E-state index is 12.7. The van der Waals surface area contributed by atoms with Gasteiger partial charge in [-0.2, -0.15) is 0 Å². The number of hydrogen-bond acceptors (Lipinski definition) is 6. The van der Waals surface area contributed by atoms with E-state index in [1.165, 1.54) is 13.2 Å². The molecule has 0 saturated heterocycles. The van der Waals surface area contributed by atoms with E-state index in [9.17, 15) is 9.59 Å². The number of esters is 2. The number of allylic oxidation sites excluding steroid dienone is 2. The van der Waals surface area contributed by atoms with Crippen LogP contribution in [0.4, 0.5) is 0 Å². The second-order valence-electron chi connectivity index (χ2n) is 11.7. The molecular formula is C32H42O6Si. The van der Waals surface area contributed by atoms with E-state index in [4.69, 9.17) is 18.6 Å². The van der Waals surface area contributed by atoms with Crippen molar-refractivity contribution in [3.63, 3.8) is 0 Å². The van der Waals surface area contributed by atoms with Crippen LogP contribution in [0.25, 0.3) is 0 Å². The molecule has 7 heteroatoms. The summed E-state index contributed by atoms with van der Waals surface area (Å²) in [6.07, 6.45) is 1.97. The van der Waals surface area contributed by atoms with E-state index in [0.29, 0.717) is 18.6 Å². The van der Waals surface area contributed by atoms with Gasteiger partial charge in [0.15, 0.2) is 0 Å². The van der Waals surface area contributed by atoms with Crippen LogP contribution in [0.5, 0.6) is 0 Å². The third-order valence-electron chi connectivity index (χ3n) is 7.08. The molecule has 0 fully saturated rings. The molecule has 1 aliphatic rings. The van der Waals surface area contributed by atoms with Gasteiger partial charge in [-0.15, -0.1) is 0 Å². The van der Waals surface area contributed by atoms with Crippen LogP contribution in [0.1, 0.15) is 60.8 Å². The normalized spacial score (nSPS) is 16.8. The van der Waals surface area contributed by atoms with Crippen LogP contribution in [0.3, 0.4) is 0 Å². The van der Waals surface area contributed by atoms with Gasteiger partial charge < -0.3 is 18.6 Å². The number of methoxy groups -OCH3 is 1. The summed E-state index contributed by atoms with van der Waals surface area (Å²) in [5.41, 5.74) is 0.914. The maximum Gasteiger partial charge on any atom is 0.337 e. The highest BCUT2D eigenvalue weighted by atomic mass is 28.4. The van der Waals surface area contributed by atoms with Crippen molar-refractivity contribution < 1.29 is 28.2 Å². The predicted octanol–water partition coefficient (Wildman–Crippen LogP) is 5.66. The first kappa shape index (κ1) is 30.4. The van der Waals surface area contributed by atoms with E-state index in [2.05, 4.69) is 51.6 Å². The van der Waals surface area contributed by atoms with Gasteiger partial charge in [-0.3, -0.25) is 4.79 Å². The molecule has 0 N–H and O–H groups in total. The summed E-state index contributed by atoms with van der Waals surface area (Å²) in [5, 5.41) is 2.01. The monoisotopic (exact) mass is 550 g/mol. The van der Waals surface area contributed by atoms with Gasteiger partial charge >= 0.3 is 11.9 Å². The Bertz CT molecular complexity index is 1140. The van der Waals surface area contributed by atoms with Crippen LogP contribution in [0.15, 0.2) is 84.7 Å². The molecule has 0 aromatic heterocycles.